The highest BCUT2D eigenvalue weighted by atomic mass is 16.2. The van der Waals surface area contributed by atoms with Crippen LogP contribution in [0.1, 0.15) is 25.3 Å². The van der Waals surface area contributed by atoms with E-state index < -0.39 is 6.03 Å². The first-order valence-corrected chi connectivity index (χ1v) is 6.89. The Morgan fingerprint density at radius 2 is 1.90 bits per heavy atom. The fourth-order valence-corrected chi connectivity index (χ4v) is 2.86. The van der Waals surface area contributed by atoms with E-state index in [2.05, 4.69) is 34.6 Å². The molecule has 0 atom stereocenters. The third-order valence-electron chi connectivity index (χ3n) is 4.19. The van der Waals surface area contributed by atoms with Gasteiger partial charge in [-0.05, 0) is 45.5 Å². The van der Waals surface area contributed by atoms with Gasteiger partial charge in [-0.25, -0.2) is 10.2 Å². The van der Waals surface area contributed by atoms with Crippen LogP contribution in [0.4, 0.5) is 4.79 Å². The van der Waals surface area contributed by atoms with Gasteiger partial charge in [-0.2, -0.15) is 5.10 Å². The lowest BCUT2D eigenvalue weighted by Crippen LogP contribution is -2.46. The minimum atomic E-state index is -0.625. The van der Waals surface area contributed by atoms with Gasteiger partial charge in [-0.1, -0.05) is 30.3 Å². The second kappa shape index (κ2) is 6.05. The lowest BCUT2D eigenvalue weighted by molar-refractivity contribution is 0.227. The molecular weight excluding hydrogens is 252 g/mol. The fourth-order valence-electron chi connectivity index (χ4n) is 2.86. The number of hydrogen-bond donors (Lipinski definition) is 2. The molecule has 5 nitrogen and oxygen atoms in total. The van der Waals surface area contributed by atoms with Crippen LogP contribution in [0, 0.1) is 0 Å². The molecule has 20 heavy (non-hydrogen) atoms. The minimum Gasteiger partial charge on any atom is -0.350 e. The highest BCUT2D eigenvalue weighted by molar-refractivity contribution is 5.94. The molecule has 1 heterocycles. The molecule has 1 fully saturated rings. The topological polar surface area (TPSA) is 70.7 Å². The number of rotatable bonds is 3. The predicted octanol–water partition coefficient (Wildman–Crippen LogP) is 1.69. The summed E-state index contributed by atoms with van der Waals surface area (Å²) in [5.74, 6) is 0. The number of benzene rings is 1. The van der Waals surface area contributed by atoms with Crippen LogP contribution in [0.2, 0.25) is 0 Å². The van der Waals surface area contributed by atoms with Crippen molar-refractivity contribution in [3.63, 3.8) is 0 Å². The average molecular weight is 274 g/mol. The van der Waals surface area contributed by atoms with Gasteiger partial charge in [0.05, 0.1) is 0 Å². The van der Waals surface area contributed by atoms with Crippen LogP contribution in [0.15, 0.2) is 35.4 Å². The van der Waals surface area contributed by atoms with Crippen LogP contribution in [0.3, 0.4) is 0 Å². The summed E-state index contributed by atoms with van der Waals surface area (Å²) in [6.45, 7) is 3.99. The number of urea groups is 1. The van der Waals surface area contributed by atoms with E-state index >= 15 is 0 Å². The van der Waals surface area contributed by atoms with Gasteiger partial charge in [0, 0.05) is 11.1 Å². The van der Waals surface area contributed by atoms with Crippen LogP contribution < -0.4 is 11.2 Å². The number of carbonyl (C=O) groups is 1. The summed E-state index contributed by atoms with van der Waals surface area (Å²) >= 11 is 0. The normalized spacial score (nSPS) is 19.6. The van der Waals surface area contributed by atoms with Crippen LogP contribution in [-0.4, -0.2) is 36.8 Å². The van der Waals surface area contributed by atoms with Gasteiger partial charge < -0.3 is 10.6 Å². The minimum absolute atomic E-state index is 0.115. The quantitative estimate of drug-likeness (QED) is 0.650. The van der Waals surface area contributed by atoms with E-state index in [-0.39, 0.29) is 5.41 Å². The second-order valence-electron chi connectivity index (χ2n) is 5.42. The van der Waals surface area contributed by atoms with Crippen LogP contribution in [0.5, 0.6) is 0 Å². The number of piperidine rings is 1. The van der Waals surface area contributed by atoms with Gasteiger partial charge >= 0.3 is 6.03 Å². The summed E-state index contributed by atoms with van der Waals surface area (Å²) in [7, 11) is 2.13. The molecule has 2 rings (SSSR count). The maximum atomic E-state index is 10.9. The highest BCUT2D eigenvalue weighted by Crippen LogP contribution is 2.36. The van der Waals surface area contributed by atoms with Crippen molar-refractivity contribution in [2.45, 2.75) is 25.2 Å². The SMILES string of the molecule is CC(=NNC(N)=O)C1(c2ccccc2)CCN(C)CC1. The zero-order valence-electron chi connectivity index (χ0n) is 12.1. The summed E-state index contributed by atoms with van der Waals surface area (Å²) in [6, 6.07) is 9.75. The van der Waals surface area contributed by atoms with Crippen molar-refractivity contribution >= 4 is 11.7 Å². The number of hydrogen-bond acceptors (Lipinski definition) is 3. The molecule has 0 radical (unpaired) electrons. The molecule has 0 spiro atoms. The molecule has 5 heteroatoms. The van der Waals surface area contributed by atoms with E-state index in [0.717, 1.165) is 31.6 Å². The van der Waals surface area contributed by atoms with Gasteiger partial charge in [0.15, 0.2) is 0 Å². The standard InChI is InChI=1S/C15H22N4O/c1-12(17-18-14(16)20)15(8-10-19(2)11-9-15)13-6-4-3-5-7-13/h3-7H,8-11H2,1-2H3,(H3,16,18,20). The van der Waals surface area contributed by atoms with Gasteiger partial charge in [0.25, 0.3) is 0 Å². The molecular formula is C15H22N4O. The van der Waals surface area contributed by atoms with Crippen molar-refractivity contribution in [3.05, 3.63) is 35.9 Å². The Labute approximate surface area is 119 Å². The number of primary amides is 1. The third kappa shape index (κ3) is 2.99. The summed E-state index contributed by atoms with van der Waals surface area (Å²) in [5, 5.41) is 4.19. The monoisotopic (exact) mass is 274 g/mol. The van der Waals surface area contributed by atoms with E-state index in [1.807, 2.05) is 25.1 Å². The molecule has 0 saturated carbocycles. The molecule has 1 aromatic rings. The summed E-state index contributed by atoms with van der Waals surface area (Å²) in [5.41, 5.74) is 9.52. The number of carbonyl (C=O) groups excluding carboxylic acids is 1. The van der Waals surface area contributed by atoms with Gasteiger partial charge in [0.1, 0.15) is 0 Å². The first-order chi connectivity index (χ1) is 9.54. The van der Waals surface area contributed by atoms with Crippen molar-refractivity contribution < 1.29 is 4.79 Å². The van der Waals surface area contributed by atoms with E-state index in [1.165, 1.54) is 5.56 Å². The first kappa shape index (κ1) is 14.5. The summed E-state index contributed by atoms with van der Waals surface area (Å²) in [4.78, 5) is 13.2. The van der Waals surface area contributed by atoms with Crippen LogP contribution in [-0.2, 0) is 5.41 Å². The molecule has 0 unspecified atom stereocenters. The molecule has 1 saturated heterocycles. The van der Waals surface area contributed by atoms with E-state index in [0.29, 0.717) is 0 Å². The average Bonchev–Trinajstić information content (AvgIpc) is 2.47. The Morgan fingerprint density at radius 3 is 2.45 bits per heavy atom. The third-order valence-corrected chi connectivity index (χ3v) is 4.19. The van der Waals surface area contributed by atoms with E-state index in [1.54, 1.807) is 0 Å². The second-order valence-corrected chi connectivity index (χ2v) is 5.42. The van der Waals surface area contributed by atoms with Crippen molar-refractivity contribution in [3.8, 4) is 0 Å². The Morgan fingerprint density at radius 1 is 1.30 bits per heavy atom. The Hall–Kier alpha value is -1.88. The Bertz CT molecular complexity index is 490. The molecule has 3 N–H and O–H groups in total. The van der Waals surface area contributed by atoms with Crippen molar-refractivity contribution in [2.75, 3.05) is 20.1 Å². The maximum Gasteiger partial charge on any atom is 0.332 e. The highest BCUT2D eigenvalue weighted by Gasteiger charge is 2.38. The number of nitrogens with zero attached hydrogens (tertiary/aromatic N) is 2. The maximum absolute atomic E-state index is 10.9. The number of nitrogens with two attached hydrogens (primary N) is 1. The largest absolute Gasteiger partial charge is 0.350 e. The molecule has 1 aliphatic heterocycles. The first-order valence-electron chi connectivity index (χ1n) is 6.89. The lowest BCUT2D eigenvalue weighted by atomic mass is 9.70. The van der Waals surface area contributed by atoms with Crippen molar-refractivity contribution in [2.24, 2.45) is 10.8 Å². The van der Waals surface area contributed by atoms with E-state index in [4.69, 9.17) is 5.73 Å². The lowest BCUT2D eigenvalue weighted by Gasteiger charge is -2.41. The van der Waals surface area contributed by atoms with Gasteiger partial charge in [-0.15, -0.1) is 0 Å². The molecule has 1 aliphatic rings. The summed E-state index contributed by atoms with van der Waals surface area (Å²) in [6.07, 6.45) is 1.98. The molecule has 0 aromatic heterocycles. The van der Waals surface area contributed by atoms with Gasteiger partial charge in [-0.3, -0.25) is 0 Å². The Kier molecular flexibility index (Phi) is 4.39. The fraction of sp³-hybridized carbons (Fsp3) is 0.467. The predicted molar refractivity (Wildman–Crippen MR) is 80.7 cm³/mol. The number of amides is 2. The summed E-state index contributed by atoms with van der Waals surface area (Å²) < 4.78 is 0. The smallest absolute Gasteiger partial charge is 0.332 e. The number of nitrogens with one attached hydrogen (secondary N) is 1. The molecule has 0 bridgehead atoms. The van der Waals surface area contributed by atoms with E-state index in [9.17, 15) is 4.79 Å². The number of hydrazone groups is 1. The van der Waals surface area contributed by atoms with Crippen molar-refractivity contribution in [1.29, 1.82) is 0 Å². The van der Waals surface area contributed by atoms with Crippen LogP contribution >= 0.6 is 0 Å². The van der Waals surface area contributed by atoms with Crippen molar-refractivity contribution in [1.82, 2.24) is 10.3 Å². The Balaban J connectivity index is 2.34. The van der Waals surface area contributed by atoms with Gasteiger partial charge in [0.2, 0.25) is 0 Å². The molecule has 108 valence electrons. The zero-order chi connectivity index (χ0) is 14.6. The van der Waals surface area contributed by atoms with Crippen LogP contribution in [0.25, 0.3) is 0 Å². The molecule has 2 amide bonds. The number of likely N-dealkylation sites (tertiary alicyclic amines) is 1. The molecule has 0 aliphatic carbocycles. The molecule has 1 aromatic carbocycles. The zero-order valence-corrected chi connectivity index (χ0v) is 12.1.